The summed E-state index contributed by atoms with van der Waals surface area (Å²) in [5, 5.41) is 3.30. The lowest BCUT2D eigenvalue weighted by Crippen LogP contribution is -2.20. The van der Waals surface area contributed by atoms with Gasteiger partial charge < -0.3 is 5.32 Å². The maximum absolute atomic E-state index is 3.30. The first kappa shape index (κ1) is 9.07. The van der Waals surface area contributed by atoms with Crippen LogP contribution in [-0.2, 0) is 0 Å². The summed E-state index contributed by atoms with van der Waals surface area (Å²) in [7, 11) is 0. The predicted molar refractivity (Wildman–Crippen MR) is 60.9 cm³/mol. The molecule has 2 rings (SSSR count). The van der Waals surface area contributed by atoms with Crippen LogP contribution in [0.25, 0.3) is 5.57 Å². The Kier molecular flexibility index (Phi) is 2.40. The van der Waals surface area contributed by atoms with E-state index in [0.717, 1.165) is 0 Å². The van der Waals surface area contributed by atoms with E-state index >= 15 is 0 Å². The lowest BCUT2D eigenvalue weighted by Gasteiger charge is -2.14. The highest BCUT2D eigenvalue weighted by Crippen LogP contribution is 2.18. The number of hydrogen-bond donors (Lipinski definition) is 1. The molecule has 1 aliphatic rings. The second-order valence-electron chi connectivity index (χ2n) is 3.78. The minimum Gasteiger partial charge on any atom is -0.384 e. The summed E-state index contributed by atoms with van der Waals surface area (Å²) in [6.45, 7) is 4.24. The van der Waals surface area contributed by atoms with Crippen molar-refractivity contribution in [3.05, 3.63) is 53.7 Å². The number of benzene rings is 1. The zero-order valence-electron chi connectivity index (χ0n) is 8.62. The largest absolute Gasteiger partial charge is 0.384 e. The van der Waals surface area contributed by atoms with Crippen molar-refractivity contribution in [3.63, 3.8) is 0 Å². The van der Waals surface area contributed by atoms with Gasteiger partial charge in [-0.25, -0.2) is 0 Å². The average Bonchev–Trinajstić information content (AvgIpc) is 2.21. The molecule has 14 heavy (non-hydrogen) atoms. The summed E-state index contributed by atoms with van der Waals surface area (Å²) in [5.74, 6) is 0. The molecule has 1 aromatic rings. The molecule has 0 spiro atoms. The normalized spacial score (nSPS) is 20.1. The molecule has 0 aromatic heterocycles. The summed E-state index contributed by atoms with van der Waals surface area (Å²) < 4.78 is 0. The second kappa shape index (κ2) is 3.70. The van der Waals surface area contributed by atoms with E-state index in [-0.39, 0.29) is 0 Å². The van der Waals surface area contributed by atoms with E-state index in [4.69, 9.17) is 0 Å². The number of nitrogens with one attached hydrogen (secondary N) is 1. The third-order valence-corrected chi connectivity index (χ3v) is 2.45. The fraction of sp³-hybridized carbons (Fsp3) is 0.231. The van der Waals surface area contributed by atoms with Crippen LogP contribution in [-0.4, -0.2) is 6.04 Å². The van der Waals surface area contributed by atoms with Crippen molar-refractivity contribution >= 4 is 5.57 Å². The Morgan fingerprint density at radius 1 is 1.14 bits per heavy atom. The smallest absolute Gasteiger partial charge is 0.0414 e. The summed E-state index contributed by atoms with van der Waals surface area (Å²) in [6, 6.07) is 9.04. The maximum atomic E-state index is 3.30. The Balaban J connectivity index is 2.24. The van der Waals surface area contributed by atoms with Crippen molar-refractivity contribution in [2.75, 3.05) is 0 Å². The Labute approximate surface area is 85.2 Å². The molecule has 1 nitrogen and oxygen atoms in total. The van der Waals surface area contributed by atoms with Gasteiger partial charge in [0.15, 0.2) is 0 Å². The average molecular weight is 185 g/mol. The highest BCUT2D eigenvalue weighted by Gasteiger charge is 2.03. The van der Waals surface area contributed by atoms with Crippen LogP contribution in [0.2, 0.25) is 0 Å². The van der Waals surface area contributed by atoms with Crippen molar-refractivity contribution in [1.29, 1.82) is 0 Å². The highest BCUT2D eigenvalue weighted by molar-refractivity contribution is 5.74. The molecule has 72 valence electrons. The van der Waals surface area contributed by atoms with Crippen molar-refractivity contribution in [3.8, 4) is 0 Å². The minimum atomic E-state index is 0.448. The van der Waals surface area contributed by atoms with Crippen LogP contribution in [0.3, 0.4) is 0 Å². The quantitative estimate of drug-likeness (QED) is 0.709. The lowest BCUT2D eigenvalue weighted by molar-refractivity contribution is 0.764. The van der Waals surface area contributed by atoms with Gasteiger partial charge in [-0.3, -0.25) is 0 Å². The number of allylic oxidation sites excluding steroid dienone is 2. The first-order valence-corrected chi connectivity index (χ1v) is 4.97. The van der Waals surface area contributed by atoms with Crippen LogP contribution >= 0.6 is 0 Å². The molecule has 0 saturated carbocycles. The van der Waals surface area contributed by atoms with Gasteiger partial charge in [0, 0.05) is 12.2 Å². The van der Waals surface area contributed by atoms with Crippen molar-refractivity contribution in [2.24, 2.45) is 0 Å². The monoisotopic (exact) mass is 185 g/mol. The Bertz CT molecular complexity index is 371. The molecule has 1 unspecified atom stereocenters. The molecule has 0 saturated heterocycles. The van der Waals surface area contributed by atoms with E-state index in [1.165, 1.54) is 16.7 Å². The molecule has 1 heterocycles. The molecular weight excluding hydrogens is 170 g/mol. The van der Waals surface area contributed by atoms with E-state index in [2.05, 4.69) is 61.8 Å². The first-order valence-electron chi connectivity index (χ1n) is 4.97. The van der Waals surface area contributed by atoms with Gasteiger partial charge in [0.1, 0.15) is 0 Å². The predicted octanol–water partition coefficient (Wildman–Crippen LogP) is 2.88. The number of aryl methyl sites for hydroxylation is 1. The highest BCUT2D eigenvalue weighted by atomic mass is 14.9. The van der Waals surface area contributed by atoms with Gasteiger partial charge in [-0.15, -0.1) is 0 Å². The number of dihydropyridines is 1. The molecule has 0 fully saturated rings. The molecule has 1 aromatic carbocycles. The Morgan fingerprint density at radius 2 is 1.86 bits per heavy atom. The lowest BCUT2D eigenvalue weighted by atomic mass is 10.0. The topological polar surface area (TPSA) is 12.0 Å². The fourth-order valence-electron chi connectivity index (χ4n) is 1.50. The molecular formula is C13H15N. The Hall–Kier alpha value is -1.50. The molecule has 0 aliphatic carbocycles. The summed E-state index contributed by atoms with van der Waals surface area (Å²) >= 11 is 0. The van der Waals surface area contributed by atoms with Gasteiger partial charge in [0.05, 0.1) is 0 Å². The summed E-state index contributed by atoms with van der Waals surface area (Å²) in [6.07, 6.45) is 6.43. The third-order valence-electron chi connectivity index (χ3n) is 2.45. The Morgan fingerprint density at radius 3 is 2.43 bits per heavy atom. The van der Waals surface area contributed by atoms with Crippen LogP contribution in [0.5, 0.6) is 0 Å². The molecule has 0 radical (unpaired) electrons. The summed E-state index contributed by atoms with van der Waals surface area (Å²) in [5.41, 5.74) is 3.82. The van der Waals surface area contributed by atoms with E-state index in [1.807, 2.05) is 0 Å². The molecule has 1 N–H and O–H groups in total. The molecule has 1 aliphatic heterocycles. The van der Waals surface area contributed by atoms with Crippen LogP contribution in [0.1, 0.15) is 18.1 Å². The van der Waals surface area contributed by atoms with Gasteiger partial charge in [0.2, 0.25) is 0 Å². The van der Waals surface area contributed by atoms with E-state index in [0.29, 0.717) is 6.04 Å². The van der Waals surface area contributed by atoms with Crippen LogP contribution in [0.15, 0.2) is 42.6 Å². The maximum Gasteiger partial charge on any atom is 0.0414 e. The SMILES string of the molecule is Cc1ccc(C2=CNC(C)C=C2)cc1. The minimum absolute atomic E-state index is 0.448. The van der Waals surface area contributed by atoms with Crippen molar-refractivity contribution < 1.29 is 0 Å². The van der Waals surface area contributed by atoms with Gasteiger partial charge in [0.25, 0.3) is 0 Å². The molecule has 1 heteroatoms. The van der Waals surface area contributed by atoms with Crippen molar-refractivity contribution in [1.82, 2.24) is 5.32 Å². The van der Waals surface area contributed by atoms with Crippen LogP contribution in [0, 0.1) is 6.92 Å². The van der Waals surface area contributed by atoms with Gasteiger partial charge in [-0.05, 0) is 25.0 Å². The molecule has 0 amide bonds. The fourth-order valence-corrected chi connectivity index (χ4v) is 1.50. The summed E-state index contributed by atoms with van der Waals surface area (Å²) in [4.78, 5) is 0. The molecule has 1 atom stereocenters. The zero-order chi connectivity index (χ0) is 9.97. The van der Waals surface area contributed by atoms with E-state index in [9.17, 15) is 0 Å². The second-order valence-corrected chi connectivity index (χ2v) is 3.78. The number of hydrogen-bond acceptors (Lipinski definition) is 1. The third kappa shape index (κ3) is 1.87. The first-order chi connectivity index (χ1) is 6.75. The van der Waals surface area contributed by atoms with E-state index < -0.39 is 0 Å². The van der Waals surface area contributed by atoms with Gasteiger partial charge in [-0.2, -0.15) is 0 Å². The van der Waals surface area contributed by atoms with Crippen molar-refractivity contribution in [2.45, 2.75) is 19.9 Å². The zero-order valence-corrected chi connectivity index (χ0v) is 8.62. The molecule has 0 bridgehead atoms. The van der Waals surface area contributed by atoms with E-state index in [1.54, 1.807) is 0 Å². The van der Waals surface area contributed by atoms with Crippen LogP contribution in [0.4, 0.5) is 0 Å². The number of rotatable bonds is 1. The van der Waals surface area contributed by atoms with Crippen LogP contribution < -0.4 is 5.32 Å². The standard InChI is InChI=1S/C13H15N/c1-10-3-6-12(7-4-10)13-8-5-11(2)14-9-13/h3-9,11,14H,1-2H3. The van der Waals surface area contributed by atoms with Gasteiger partial charge >= 0.3 is 0 Å². The van der Waals surface area contributed by atoms with Gasteiger partial charge in [-0.1, -0.05) is 42.0 Å².